The fourth-order valence-corrected chi connectivity index (χ4v) is 6.93. The molecule has 0 fully saturated rings. The van der Waals surface area contributed by atoms with Crippen molar-refractivity contribution in [1.82, 2.24) is 4.90 Å². The molecule has 0 aliphatic heterocycles. The molecule has 0 spiro atoms. The Bertz CT molecular complexity index is 1840. The minimum atomic E-state index is 0.425. The van der Waals surface area contributed by atoms with Crippen LogP contribution in [0.2, 0.25) is 0 Å². The Morgan fingerprint density at radius 3 is 1.60 bits per heavy atom. The van der Waals surface area contributed by atoms with E-state index in [4.69, 9.17) is 0 Å². The predicted octanol–water partition coefficient (Wildman–Crippen LogP) is 12.4. The summed E-state index contributed by atoms with van der Waals surface area (Å²) in [4.78, 5) is 2.47. The highest BCUT2D eigenvalue weighted by Crippen LogP contribution is 2.30. The van der Waals surface area contributed by atoms with Crippen molar-refractivity contribution in [3.05, 3.63) is 167 Å². The highest BCUT2D eigenvalue weighted by atomic mass is 15.1. The molecule has 0 N–H and O–H groups in total. The van der Waals surface area contributed by atoms with Gasteiger partial charge >= 0.3 is 0 Å². The van der Waals surface area contributed by atoms with E-state index in [-0.39, 0.29) is 0 Å². The van der Waals surface area contributed by atoms with Crippen LogP contribution in [0.1, 0.15) is 84.9 Å². The zero-order valence-electron chi connectivity index (χ0n) is 29.3. The topological polar surface area (TPSA) is 3.24 Å². The van der Waals surface area contributed by atoms with Gasteiger partial charge in [0.15, 0.2) is 0 Å². The summed E-state index contributed by atoms with van der Waals surface area (Å²) in [6.45, 7) is 10.1. The maximum absolute atomic E-state index is 2.47. The molecule has 47 heavy (non-hydrogen) atoms. The van der Waals surface area contributed by atoms with Crippen molar-refractivity contribution in [1.29, 1.82) is 0 Å². The van der Waals surface area contributed by atoms with E-state index >= 15 is 0 Å². The second-order valence-electron chi connectivity index (χ2n) is 13.5. The van der Waals surface area contributed by atoms with Crippen molar-refractivity contribution in [2.75, 3.05) is 13.6 Å². The molecule has 0 saturated carbocycles. The summed E-state index contributed by atoms with van der Waals surface area (Å²) in [5, 5.41) is 5.48. The van der Waals surface area contributed by atoms with Crippen LogP contribution in [0.5, 0.6) is 0 Å². The number of rotatable bonds is 12. The maximum Gasteiger partial charge on any atom is 0.0322 e. The van der Waals surface area contributed by atoms with E-state index in [0.717, 1.165) is 13.0 Å². The van der Waals surface area contributed by atoms with Gasteiger partial charge in [0, 0.05) is 6.04 Å². The molecule has 0 aromatic heterocycles. The van der Waals surface area contributed by atoms with Crippen LogP contribution in [0.3, 0.4) is 0 Å². The van der Waals surface area contributed by atoms with Gasteiger partial charge in [0.1, 0.15) is 0 Å². The second-order valence-corrected chi connectivity index (χ2v) is 13.5. The van der Waals surface area contributed by atoms with E-state index in [2.05, 4.69) is 173 Å². The van der Waals surface area contributed by atoms with Crippen LogP contribution in [0.15, 0.2) is 133 Å². The minimum Gasteiger partial charge on any atom is -0.300 e. The van der Waals surface area contributed by atoms with Crippen molar-refractivity contribution in [3.8, 4) is 0 Å². The summed E-state index contributed by atoms with van der Waals surface area (Å²) < 4.78 is 0. The van der Waals surface area contributed by atoms with Crippen LogP contribution in [0.4, 0.5) is 0 Å². The first-order valence-electron chi connectivity index (χ1n) is 17.7. The van der Waals surface area contributed by atoms with Crippen LogP contribution in [-0.4, -0.2) is 18.5 Å². The van der Waals surface area contributed by atoms with Crippen LogP contribution < -0.4 is 0 Å². The predicted molar refractivity (Wildman–Crippen MR) is 206 cm³/mol. The average Bonchev–Trinajstić information content (AvgIpc) is 3.09. The smallest absolute Gasteiger partial charge is 0.0322 e. The molecule has 0 aliphatic rings. The first-order chi connectivity index (χ1) is 22.9. The van der Waals surface area contributed by atoms with Crippen LogP contribution >= 0.6 is 0 Å². The molecule has 6 aromatic rings. The zero-order chi connectivity index (χ0) is 33.0. The lowest BCUT2D eigenvalue weighted by molar-refractivity contribution is 0.260. The Kier molecular flexibility index (Phi) is 12.4. The van der Waals surface area contributed by atoms with Crippen molar-refractivity contribution in [3.63, 3.8) is 0 Å². The lowest BCUT2D eigenvalue weighted by Crippen LogP contribution is -2.24. The summed E-state index contributed by atoms with van der Waals surface area (Å²) in [5.74, 6) is 0.624. The van der Waals surface area contributed by atoms with Crippen LogP contribution in [0, 0.1) is 13.8 Å². The first-order valence-corrected chi connectivity index (χ1v) is 17.7. The van der Waals surface area contributed by atoms with Gasteiger partial charge in [-0.15, -0.1) is 0 Å². The Hall–Kier alpha value is -4.20. The molecule has 6 rings (SSSR count). The van der Waals surface area contributed by atoms with Crippen molar-refractivity contribution in [2.24, 2.45) is 0 Å². The summed E-state index contributed by atoms with van der Waals surface area (Å²) in [6, 6.07) is 49.0. The number of nitrogens with zero attached hydrogens (tertiary/aromatic N) is 1. The van der Waals surface area contributed by atoms with E-state index in [0.29, 0.717) is 12.0 Å². The third-order valence-electron chi connectivity index (χ3n) is 9.78. The van der Waals surface area contributed by atoms with Crippen molar-refractivity contribution < 1.29 is 0 Å². The first kappa shape index (κ1) is 34.1. The minimum absolute atomic E-state index is 0.425. The fourth-order valence-electron chi connectivity index (χ4n) is 6.93. The standard InChI is InChI=1S/C23H27N.C23H26/c1-18-9-6-10-20(17-18)11-8-16-24(3)19(2)22-15-7-13-21-12-4-5-14-23(21)22;1-18-9-7-12-20(17-18)11-4-3-10-19(2)22-16-8-14-21-13-5-6-15-23(21)22/h4-7,9-10,12-15,17,19H,8,11,16H2,1-3H3;5-9,12-17,19H,3-4,10-11H2,1-2H3/t2*19-/m10/s1. The number of unbranched alkanes of at least 4 members (excludes halogenated alkanes) is 1. The molecule has 242 valence electrons. The SMILES string of the molecule is Cc1cccc(CCCC[C@H](C)c2cccc3ccccc23)c1.Cc1cccc(CCCN(C)[C@H](C)c2cccc3ccccc23)c1. The molecule has 0 aliphatic carbocycles. The molecule has 0 saturated heterocycles. The van der Waals surface area contributed by atoms with E-state index in [1.165, 1.54) is 87.0 Å². The Morgan fingerprint density at radius 2 is 1.00 bits per heavy atom. The molecule has 0 unspecified atom stereocenters. The van der Waals surface area contributed by atoms with Gasteiger partial charge in [-0.3, -0.25) is 4.90 Å². The highest BCUT2D eigenvalue weighted by Gasteiger charge is 2.14. The molecular formula is C46H53N. The van der Waals surface area contributed by atoms with E-state index in [1.54, 1.807) is 0 Å². The van der Waals surface area contributed by atoms with Gasteiger partial charge in [-0.1, -0.05) is 158 Å². The fraction of sp³-hybridized carbons (Fsp3) is 0.304. The maximum atomic E-state index is 2.47. The molecule has 2 atom stereocenters. The number of hydrogen-bond acceptors (Lipinski definition) is 1. The number of hydrogen-bond donors (Lipinski definition) is 0. The van der Waals surface area contributed by atoms with E-state index in [1.807, 2.05) is 0 Å². The number of aryl methyl sites for hydroxylation is 4. The Balaban J connectivity index is 0.000000185. The highest BCUT2D eigenvalue weighted by molar-refractivity contribution is 5.86. The molecule has 0 heterocycles. The monoisotopic (exact) mass is 619 g/mol. The summed E-state index contributed by atoms with van der Waals surface area (Å²) in [7, 11) is 2.24. The van der Waals surface area contributed by atoms with Gasteiger partial charge in [0.2, 0.25) is 0 Å². The number of fused-ring (bicyclic) bond motifs is 2. The summed E-state index contributed by atoms with van der Waals surface area (Å²) in [5.41, 5.74) is 8.56. The second kappa shape index (κ2) is 17.1. The summed E-state index contributed by atoms with van der Waals surface area (Å²) >= 11 is 0. The molecule has 1 heteroatoms. The van der Waals surface area contributed by atoms with Gasteiger partial charge in [-0.05, 0) is 116 Å². The average molecular weight is 620 g/mol. The third-order valence-corrected chi connectivity index (χ3v) is 9.78. The van der Waals surface area contributed by atoms with E-state index < -0.39 is 0 Å². The molecule has 0 bridgehead atoms. The van der Waals surface area contributed by atoms with Gasteiger partial charge in [0.25, 0.3) is 0 Å². The molecule has 0 radical (unpaired) electrons. The molecule has 0 amide bonds. The Morgan fingerprint density at radius 1 is 0.511 bits per heavy atom. The van der Waals surface area contributed by atoms with Gasteiger partial charge in [-0.25, -0.2) is 0 Å². The summed E-state index contributed by atoms with van der Waals surface area (Å²) in [6.07, 6.45) is 7.37. The van der Waals surface area contributed by atoms with Crippen LogP contribution in [0.25, 0.3) is 21.5 Å². The lowest BCUT2D eigenvalue weighted by Gasteiger charge is -2.26. The lowest BCUT2D eigenvalue weighted by atomic mass is 9.90. The Labute approximate surface area is 284 Å². The molecule has 6 aromatic carbocycles. The van der Waals surface area contributed by atoms with Crippen molar-refractivity contribution >= 4 is 21.5 Å². The van der Waals surface area contributed by atoms with Gasteiger partial charge < -0.3 is 0 Å². The third kappa shape index (κ3) is 9.66. The zero-order valence-corrected chi connectivity index (χ0v) is 29.3. The molecular weight excluding hydrogens is 567 g/mol. The number of benzene rings is 6. The normalized spacial score (nSPS) is 12.6. The largest absolute Gasteiger partial charge is 0.300 e. The van der Waals surface area contributed by atoms with Gasteiger partial charge in [-0.2, -0.15) is 0 Å². The van der Waals surface area contributed by atoms with Crippen molar-refractivity contribution in [2.45, 2.75) is 78.2 Å². The van der Waals surface area contributed by atoms with Crippen LogP contribution in [-0.2, 0) is 12.8 Å². The molecule has 1 nitrogen and oxygen atoms in total. The van der Waals surface area contributed by atoms with E-state index in [9.17, 15) is 0 Å². The van der Waals surface area contributed by atoms with Gasteiger partial charge in [0.05, 0.1) is 0 Å². The quantitative estimate of drug-likeness (QED) is 0.123.